The lowest BCUT2D eigenvalue weighted by atomic mass is 9.95. The number of nitrogens with zero attached hydrogens (tertiary/aromatic N) is 3. The highest BCUT2D eigenvalue weighted by Gasteiger charge is 2.26. The van der Waals surface area contributed by atoms with E-state index in [4.69, 9.17) is 0 Å². The van der Waals surface area contributed by atoms with Crippen molar-refractivity contribution in [3.05, 3.63) is 59.2 Å². The molecule has 0 atom stereocenters. The minimum Gasteiger partial charge on any atom is -0.339 e. The molecule has 0 aliphatic carbocycles. The number of benzene rings is 1. The molecule has 3 rings (SSSR count). The van der Waals surface area contributed by atoms with Crippen molar-refractivity contribution in [3.63, 3.8) is 0 Å². The fraction of sp³-hybridized carbons (Fsp3) is 0.389. The molecule has 0 unspecified atom stereocenters. The van der Waals surface area contributed by atoms with Gasteiger partial charge in [0.15, 0.2) is 0 Å². The summed E-state index contributed by atoms with van der Waals surface area (Å²) in [5, 5.41) is 0. The highest BCUT2D eigenvalue weighted by molar-refractivity contribution is 5.94. The van der Waals surface area contributed by atoms with Crippen molar-refractivity contribution in [3.8, 4) is 0 Å². The maximum Gasteiger partial charge on any atom is 0.253 e. The van der Waals surface area contributed by atoms with Crippen molar-refractivity contribution in [1.82, 2.24) is 14.9 Å². The van der Waals surface area contributed by atoms with Crippen LogP contribution in [0.5, 0.6) is 0 Å². The Labute approximate surface area is 131 Å². The lowest BCUT2D eigenvalue weighted by molar-refractivity contribution is 0.0711. The molecule has 22 heavy (non-hydrogen) atoms. The van der Waals surface area contributed by atoms with Gasteiger partial charge in [-0.2, -0.15) is 0 Å². The van der Waals surface area contributed by atoms with Gasteiger partial charge in [0.05, 0.1) is 0 Å². The minimum absolute atomic E-state index is 0.138. The van der Waals surface area contributed by atoms with Crippen LogP contribution in [0, 0.1) is 13.8 Å². The number of hydrogen-bond donors (Lipinski definition) is 0. The number of amides is 1. The molecular weight excluding hydrogens is 274 g/mol. The Morgan fingerprint density at radius 3 is 2.23 bits per heavy atom. The summed E-state index contributed by atoms with van der Waals surface area (Å²) in [5.74, 6) is 1.41. The standard InChI is InChI=1S/C18H21N3O/c1-13-10-14(2)12-16(11-13)18(22)21-8-4-15(5-9-21)17-19-6-3-7-20-17/h3,6-7,10-12,15H,4-5,8-9H2,1-2H3. The Hall–Kier alpha value is -2.23. The topological polar surface area (TPSA) is 46.1 Å². The van der Waals surface area contributed by atoms with Crippen LogP contribution in [0.3, 0.4) is 0 Å². The van der Waals surface area contributed by atoms with Crippen molar-refractivity contribution in [2.75, 3.05) is 13.1 Å². The first-order valence-corrected chi connectivity index (χ1v) is 7.78. The lowest BCUT2D eigenvalue weighted by Gasteiger charge is -2.31. The van der Waals surface area contributed by atoms with Crippen LogP contribution < -0.4 is 0 Å². The van der Waals surface area contributed by atoms with Crippen LogP contribution >= 0.6 is 0 Å². The number of hydrogen-bond acceptors (Lipinski definition) is 3. The second kappa shape index (κ2) is 6.26. The number of carbonyl (C=O) groups is 1. The summed E-state index contributed by atoms with van der Waals surface area (Å²) in [6.07, 6.45) is 5.44. The maximum atomic E-state index is 12.6. The summed E-state index contributed by atoms with van der Waals surface area (Å²) in [7, 11) is 0. The summed E-state index contributed by atoms with van der Waals surface area (Å²) < 4.78 is 0. The number of piperidine rings is 1. The van der Waals surface area contributed by atoms with E-state index >= 15 is 0 Å². The highest BCUT2D eigenvalue weighted by Crippen LogP contribution is 2.26. The first-order chi connectivity index (χ1) is 10.6. The Morgan fingerprint density at radius 1 is 1.05 bits per heavy atom. The number of likely N-dealkylation sites (tertiary alicyclic amines) is 1. The van der Waals surface area contributed by atoms with E-state index in [1.807, 2.05) is 36.9 Å². The Balaban J connectivity index is 1.67. The van der Waals surface area contributed by atoms with Crippen LogP contribution in [0.2, 0.25) is 0 Å². The molecule has 0 saturated carbocycles. The Morgan fingerprint density at radius 2 is 1.64 bits per heavy atom. The van der Waals surface area contributed by atoms with E-state index in [-0.39, 0.29) is 5.91 Å². The number of aromatic nitrogens is 2. The predicted molar refractivity (Wildman–Crippen MR) is 85.8 cm³/mol. The summed E-state index contributed by atoms with van der Waals surface area (Å²) >= 11 is 0. The average Bonchev–Trinajstić information content (AvgIpc) is 2.54. The summed E-state index contributed by atoms with van der Waals surface area (Å²) in [6, 6.07) is 7.88. The summed E-state index contributed by atoms with van der Waals surface area (Å²) in [5.41, 5.74) is 3.07. The summed E-state index contributed by atoms with van der Waals surface area (Å²) in [4.78, 5) is 23.3. The van der Waals surface area contributed by atoms with Gasteiger partial charge in [0.25, 0.3) is 5.91 Å². The second-order valence-corrected chi connectivity index (χ2v) is 6.05. The van der Waals surface area contributed by atoms with Crippen molar-refractivity contribution in [2.45, 2.75) is 32.6 Å². The van der Waals surface area contributed by atoms with Crippen molar-refractivity contribution < 1.29 is 4.79 Å². The fourth-order valence-corrected chi connectivity index (χ4v) is 3.14. The molecule has 1 aromatic heterocycles. The van der Waals surface area contributed by atoms with E-state index in [1.165, 1.54) is 0 Å². The normalized spacial score (nSPS) is 15.8. The molecule has 1 aromatic carbocycles. The van der Waals surface area contributed by atoms with Gasteiger partial charge in [-0.15, -0.1) is 0 Å². The highest BCUT2D eigenvalue weighted by atomic mass is 16.2. The number of aryl methyl sites for hydroxylation is 2. The third-order valence-corrected chi connectivity index (χ3v) is 4.20. The molecule has 0 radical (unpaired) electrons. The van der Waals surface area contributed by atoms with E-state index < -0.39 is 0 Å². The molecule has 1 amide bonds. The van der Waals surface area contributed by atoms with Crippen molar-refractivity contribution >= 4 is 5.91 Å². The van der Waals surface area contributed by atoms with Gasteiger partial charge < -0.3 is 4.90 Å². The predicted octanol–water partition coefficient (Wildman–Crippen LogP) is 3.11. The van der Waals surface area contributed by atoms with E-state index in [0.29, 0.717) is 5.92 Å². The van der Waals surface area contributed by atoms with Gasteiger partial charge in [0.2, 0.25) is 0 Å². The van der Waals surface area contributed by atoms with Crippen molar-refractivity contribution in [1.29, 1.82) is 0 Å². The summed E-state index contributed by atoms with van der Waals surface area (Å²) in [6.45, 7) is 5.61. The van der Waals surface area contributed by atoms with Crippen LogP contribution in [0.25, 0.3) is 0 Å². The third-order valence-electron chi connectivity index (χ3n) is 4.20. The molecule has 1 fully saturated rings. The Kier molecular flexibility index (Phi) is 4.18. The first-order valence-electron chi connectivity index (χ1n) is 7.78. The quantitative estimate of drug-likeness (QED) is 0.855. The molecular formula is C18H21N3O. The van der Waals surface area contributed by atoms with Crippen LogP contribution in [0.15, 0.2) is 36.7 Å². The molecule has 0 spiro atoms. The molecule has 1 aliphatic rings. The van der Waals surface area contributed by atoms with E-state index in [0.717, 1.165) is 48.4 Å². The van der Waals surface area contributed by atoms with Gasteiger partial charge in [0.1, 0.15) is 5.82 Å². The van der Waals surface area contributed by atoms with Crippen LogP contribution in [0.1, 0.15) is 46.1 Å². The molecule has 1 saturated heterocycles. The monoisotopic (exact) mass is 295 g/mol. The van der Waals surface area contributed by atoms with Crippen molar-refractivity contribution in [2.24, 2.45) is 0 Å². The molecule has 114 valence electrons. The molecule has 2 aromatic rings. The van der Waals surface area contributed by atoms with E-state index in [9.17, 15) is 4.79 Å². The van der Waals surface area contributed by atoms with Gasteiger partial charge in [-0.25, -0.2) is 9.97 Å². The van der Waals surface area contributed by atoms with Crippen LogP contribution in [-0.2, 0) is 0 Å². The van der Waals surface area contributed by atoms with Crippen LogP contribution in [-0.4, -0.2) is 33.9 Å². The van der Waals surface area contributed by atoms with Gasteiger partial charge in [0, 0.05) is 37.0 Å². The first kappa shape index (κ1) is 14.7. The molecule has 4 heteroatoms. The third kappa shape index (κ3) is 3.16. The maximum absolute atomic E-state index is 12.6. The van der Waals surface area contributed by atoms with E-state index in [2.05, 4.69) is 16.0 Å². The molecule has 0 N–H and O–H groups in total. The average molecular weight is 295 g/mol. The van der Waals surface area contributed by atoms with Gasteiger partial charge in [-0.1, -0.05) is 17.2 Å². The van der Waals surface area contributed by atoms with Gasteiger partial charge >= 0.3 is 0 Å². The molecule has 4 nitrogen and oxygen atoms in total. The zero-order valence-corrected chi connectivity index (χ0v) is 13.1. The zero-order chi connectivity index (χ0) is 15.5. The Bertz CT molecular complexity index is 641. The van der Waals surface area contributed by atoms with Gasteiger partial charge in [-0.05, 0) is 44.9 Å². The largest absolute Gasteiger partial charge is 0.339 e. The van der Waals surface area contributed by atoms with Crippen LogP contribution in [0.4, 0.5) is 0 Å². The van der Waals surface area contributed by atoms with Gasteiger partial charge in [-0.3, -0.25) is 4.79 Å². The zero-order valence-electron chi connectivity index (χ0n) is 13.1. The SMILES string of the molecule is Cc1cc(C)cc(C(=O)N2CCC(c3ncccn3)CC2)c1. The number of carbonyl (C=O) groups excluding carboxylic acids is 1. The molecule has 0 bridgehead atoms. The molecule has 2 heterocycles. The lowest BCUT2D eigenvalue weighted by Crippen LogP contribution is -2.38. The number of rotatable bonds is 2. The minimum atomic E-state index is 0.138. The fourth-order valence-electron chi connectivity index (χ4n) is 3.14. The van der Waals surface area contributed by atoms with E-state index in [1.54, 1.807) is 12.4 Å². The smallest absolute Gasteiger partial charge is 0.253 e. The second-order valence-electron chi connectivity index (χ2n) is 6.05. The molecule has 1 aliphatic heterocycles.